The Morgan fingerprint density at radius 3 is 0.735 bits per heavy atom. The minimum Gasteiger partial charge on any atom is -0.307 e. The van der Waals surface area contributed by atoms with E-state index in [0.29, 0.717) is 22.7 Å². The van der Waals surface area contributed by atoms with Crippen LogP contribution in [-0.4, -0.2) is 58.1 Å². The van der Waals surface area contributed by atoms with E-state index in [2.05, 4.69) is 210 Å². The van der Waals surface area contributed by atoms with Gasteiger partial charge in [-0.2, -0.15) is 0 Å². The molecular weight excluding hydrogens is 1030 g/mol. The highest BCUT2D eigenvalue weighted by Gasteiger charge is 2.31. The summed E-state index contributed by atoms with van der Waals surface area (Å²) in [6.45, 7) is 0. The van der Waals surface area contributed by atoms with Gasteiger partial charge in [-0.15, -0.1) is 0 Å². The fraction of sp³-hybridized carbons (Fsp3) is 0. The van der Waals surface area contributed by atoms with Crippen LogP contribution in [0.5, 0.6) is 0 Å². The molecule has 0 saturated heterocycles. The van der Waals surface area contributed by atoms with Crippen molar-refractivity contribution < 1.29 is 4.39 Å². The first-order valence-corrected chi connectivity index (χ1v) is 27.2. The molecule has 17 aromatic rings. The van der Waals surface area contributed by atoms with Gasteiger partial charge >= 0.3 is 0 Å². The van der Waals surface area contributed by atoms with E-state index in [1.165, 1.54) is 0 Å². The minimum absolute atomic E-state index is 0.376. The Balaban J connectivity index is 1.09. The Hall–Kier alpha value is -11.6. The molecule has 0 atom stereocenters. The number of rotatable bonds is 8. The topological polar surface area (TPSA) is 123 Å². The molecule has 388 valence electrons. The molecule has 8 aromatic heterocycles. The van der Waals surface area contributed by atoms with Crippen LogP contribution in [0.1, 0.15) is 0 Å². The van der Waals surface area contributed by atoms with Crippen molar-refractivity contribution in [2.75, 3.05) is 0 Å². The number of benzene rings is 9. The fourth-order valence-corrected chi connectivity index (χ4v) is 12.8. The summed E-state index contributed by atoms with van der Waals surface area (Å²) < 4.78 is 29.6. The highest BCUT2D eigenvalue weighted by molar-refractivity contribution is 6.16. The average molecular weight is 1070 g/mol. The van der Waals surface area contributed by atoms with Gasteiger partial charge in [0, 0.05) is 115 Å². The maximum Gasteiger partial charge on any atom is 0.175 e. The first-order valence-electron chi connectivity index (χ1n) is 27.2. The third kappa shape index (κ3) is 7.04. The predicted octanol–water partition coefficient (Wildman–Crippen LogP) is 16.0. The lowest BCUT2D eigenvalue weighted by molar-refractivity contribution is 0.612. The number of hydrogen-bond donors (Lipinski definition) is 0. The molecule has 83 heavy (non-hydrogen) atoms. The molecule has 13 heteroatoms. The van der Waals surface area contributed by atoms with E-state index in [1.807, 2.05) is 73.8 Å². The molecule has 17 rings (SSSR count). The summed E-state index contributed by atoms with van der Waals surface area (Å²) in [4.78, 5) is 35.2. The normalized spacial score (nSPS) is 11.9. The van der Waals surface area contributed by atoms with Crippen LogP contribution in [0.25, 0.3) is 154 Å². The Kier molecular flexibility index (Phi) is 10.2. The Bertz CT molecular complexity index is 4820. The van der Waals surface area contributed by atoms with Crippen molar-refractivity contribution in [2.45, 2.75) is 0 Å². The maximum absolute atomic E-state index is 20.8. The van der Waals surface area contributed by atoms with Crippen molar-refractivity contribution in [3.05, 3.63) is 257 Å². The molecule has 0 aliphatic heterocycles. The van der Waals surface area contributed by atoms with Gasteiger partial charge < -0.3 is 18.3 Å². The maximum atomic E-state index is 20.8. The van der Waals surface area contributed by atoms with Gasteiger partial charge in [-0.05, 0) is 101 Å². The molecule has 8 heterocycles. The van der Waals surface area contributed by atoms with E-state index < -0.39 is 5.82 Å². The quantitative estimate of drug-likeness (QED) is 0.147. The summed E-state index contributed by atoms with van der Waals surface area (Å²) >= 11 is 0. The largest absolute Gasteiger partial charge is 0.307 e. The van der Waals surface area contributed by atoms with E-state index in [9.17, 15) is 0 Å². The fourth-order valence-electron chi connectivity index (χ4n) is 12.8. The molecule has 0 amide bonds. The lowest BCUT2D eigenvalue weighted by atomic mass is 10.0. The van der Waals surface area contributed by atoms with E-state index in [4.69, 9.17) is 0 Å². The Labute approximate surface area is 471 Å². The zero-order chi connectivity index (χ0) is 54.7. The molecule has 12 nitrogen and oxygen atoms in total. The van der Waals surface area contributed by atoms with Gasteiger partial charge in [0.25, 0.3) is 0 Å². The van der Waals surface area contributed by atoms with Gasteiger partial charge in [-0.3, -0.25) is 0 Å². The summed E-state index contributed by atoms with van der Waals surface area (Å²) in [5.41, 5.74) is 16.1. The molecule has 0 unspecified atom stereocenters. The van der Waals surface area contributed by atoms with E-state index in [1.54, 1.807) is 25.3 Å². The van der Waals surface area contributed by atoms with Gasteiger partial charge in [0.2, 0.25) is 0 Å². The number of hydrogen-bond acceptors (Lipinski definition) is 8. The van der Waals surface area contributed by atoms with E-state index in [-0.39, 0.29) is 0 Å². The van der Waals surface area contributed by atoms with Crippen molar-refractivity contribution in [1.29, 1.82) is 0 Å². The molecule has 0 radical (unpaired) electrons. The zero-order valence-corrected chi connectivity index (χ0v) is 43.9. The standard InChI is InChI=1S/C70H41FN12/c71-68-69(82-58-13-5-1-9-50(58)51-10-2-6-14-59(51)82)66(80-62-21-17-42(46-30-72-38-73-31-46)25-54(62)55-26-43(18-22-63(55)80)47-32-74-39-75-33-47)29-67(70(68)83-60-15-7-3-11-52(60)53-12-4-8-16-61(53)83)81-64-23-19-44(48-34-76-40-77-35-48)27-56(64)57-28-45(20-24-65(57)81)49-36-78-41-79-37-49/h1-41H. The number of halogens is 1. The third-order valence-corrected chi connectivity index (χ3v) is 16.4. The third-order valence-electron chi connectivity index (χ3n) is 16.4. The molecular formula is C70H41FN12. The lowest BCUT2D eigenvalue weighted by Crippen LogP contribution is -2.14. The zero-order valence-electron chi connectivity index (χ0n) is 43.9. The van der Waals surface area contributed by atoms with Crippen LogP contribution >= 0.6 is 0 Å². The second kappa shape index (κ2) is 18.2. The van der Waals surface area contributed by atoms with Crippen LogP contribution in [0.4, 0.5) is 4.39 Å². The summed E-state index contributed by atoms with van der Waals surface area (Å²) in [5.74, 6) is -0.423. The smallest absolute Gasteiger partial charge is 0.175 e. The number of aromatic nitrogens is 12. The van der Waals surface area contributed by atoms with E-state index >= 15 is 4.39 Å². The summed E-state index contributed by atoms with van der Waals surface area (Å²) in [7, 11) is 0. The van der Waals surface area contributed by atoms with Crippen LogP contribution in [0, 0.1) is 5.82 Å². The first-order chi connectivity index (χ1) is 41.1. The summed E-state index contributed by atoms with van der Waals surface area (Å²) in [6, 6.07) is 61.2. The lowest BCUT2D eigenvalue weighted by Gasteiger charge is -2.24. The van der Waals surface area contributed by atoms with Crippen molar-refractivity contribution in [2.24, 2.45) is 0 Å². The van der Waals surface area contributed by atoms with Crippen LogP contribution in [0.2, 0.25) is 0 Å². The molecule has 0 fully saturated rings. The van der Waals surface area contributed by atoms with Crippen molar-refractivity contribution >= 4 is 87.2 Å². The molecule has 0 N–H and O–H groups in total. The van der Waals surface area contributed by atoms with Gasteiger partial charge in [-0.25, -0.2) is 44.3 Å². The molecule has 0 spiro atoms. The predicted molar refractivity (Wildman–Crippen MR) is 328 cm³/mol. The second-order valence-electron chi connectivity index (χ2n) is 20.8. The highest BCUT2D eigenvalue weighted by Crippen LogP contribution is 2.48. The van der Waals surface area contributed by atoms with Gasteiger partial charge in [0.15, 0.2) is 5.82 Å². The van der Waals surface area contributed by atoms with Crippen LogP contribution in [-0.2, 0) is 0 Å². The number of para-hydroxylation sites is 4. The van der Waals surface area contributed by atoms with Crippen molar-refractivity contribution in [1.82, 2.24) is 58.1 Å². The molecule has 0 aliphatic carbocycles. The van der Waals surface area contributed by atoms with E-state index in [0.717, 1.165) is 132 Å². The second-order valence-corrected chi connectivity index (χ2v) is 20.8. The van der Waals surface area contributed by atoms with Crippen LogP contribution < -0.4 is 0 Å². The van der Waals surface area contributed by atoms with Gasteiger partial charge in [0.1, 0.15) is 36.7 Å². The summed E-state index contributed by atoms with van der Waals surface area (Å²) in [5, 5.41) is 7.82. The Morgan fingerprint density at radius 2 is 0.470 bits per heavy atom. The first kappa shape index (κ1) is 46.4. The SMILES string of the molecule is Fc1c(-n2c3ccccc3c3ccccc32)c(-n2c3ccc(-c4cncnc4)cc3c3cc(-c4cncnc4)ccc32)cc(-n2c3ccc(-c4cncnc4)cc3c3cc(-c4cncnc4)ccc32)c1-n1c2ccccc2c2ccccc21. The van der Waals surface area contributed by atoms with Crippen molar-refractivity contribution in [3.8, 4) is 67.3 Å². The minimum atomic E-state index is -0.423. The van der Waals surface area contributed by atoms with Crippen molar-refractivity contribution in [3.63, 3.8) is 0 Å². The molecule has 0 saturated carbocycles. The molecule has 9 aromatic carbocycles. The van der Waals surface area contributed by atoms with Crippen LogP contribution in [0.3, 0.4) is 0 Å². The molecule has 0 aliphatic rings. The highest BCUT2D eigenvalue weighted by atomic mass is 19.1. The van der Waals surface area contributed by atoms with Crippen LogP contribution in [0.15, 0.2) is 251 Å². The molecule has 0 bridgehead atoms. The van der Waals surface area contributed by atoms with Gasteiger partial charge in [-0.1, -0.05) is 97.1 Å². The Morgan fingerprint density at radius 1 is 0.229 bits per heavy atom. The monoisotopic (exact) mass is 1070 g/mol. The number of nitrogens with zero attached hydrogens (tertiary/aromatic N) is 12. The summed E-state index contributed by atoms with van der Waals surface area (Å²) in [6.07, 6.45) is 20.8. The number of fused-ring (bicyclic) bond motifs is 12. The average Bonchev–Trinajstić information content (AvgIpc) is 2.36. The van der Waals surface area contributed by atoms with Gasteiger partial charge in [0.05, 0.1) is 55.5 Å².